The van der Waals surface area contributed by atoms with Crippen molar-refractivity contribution in [2.75, 3.05) is 13.2 Å². The Hall–Kier alpha value is -2.96. The van der Waals surface area contributed by atoms with E-state index in [-0.39, 0.29) is 11.4 Å². The number of carbonyl (C=O) groups excluding carboxylic acids is 2. The Bertz CT molecular complexity index is 980. The second kappa shape index (κ2) is 12.7. The highest BCUT2D eigenvalue weighted by Crippen LogP contribution is 2.28. The third kappa shape index (κ3) is 6.91. The molecule has 3 rings (SSSR count). The monoisotopic (exact) mass is 545 g/mol. The van der Waals surface area contributed by atoms with Crippen molar-refractivity contribution in [1.82, 2.24) is 10.6 Å². The molecule has 16 nitrogen and oxygen atoms in total. The minimum atomic E-state index is -1.62. The van der Waals surface area contributed by atoms with Crippen molar-refractivity contribution in [1.29, 1.82) is 0 Å². The molecule has 2 fully saturated rings. The van der Waals surface area contributed by atoms with E-state index >= 15 is 0 Å². The zero-order valence-electron chi connectivity index (χ0n) is 20.4. The molecule has 10 atom stereocenters. The van der Waals surface area contributed by atoms with E-state index in [1.54, 1.807) is 0 Å². The molecule has 2 amide bonds. The van der Waals surface area contributed by atoms with E-state index in [1.165, 1.54) is 38.1 Å². The van der Waals surface area contributed by atoms with Crippen LogP contribution in [0.25, 0.3) is 0 Å². The molecule has 10 unspecified atom stereocenters. The maximum Gasteiger partial charge on any atom is 0.269 e. The predicted octanol–water partition coefficient (Wildman–Crippen LogP) is -3.11. The number of carbonyl (C=O) groups is 2. The average Bonchev–Trinajstić information content (AvgIpc) is 2.86. The Morgan fingerprint density at radius 3 is 1.89 bits per heavy atom. The Labute approximate surface area is 216 Å². The summed E-state index contributed by atoms with van der Waals surface area (Å²) in [4.78, 5) is 33.6. The Kier molecular flexibility index (Phi) is 9.91. The molecule has 2 heterocycles. The second-order valence-corrected chi connectivity index (χ2v) is 8.89. The highest BCUT2D eigenvalue weighted by molar-refractivity contribution is 5.73. The summed E-state index contributed by atoms with van der Waals surface area (Å²) in [6.07, 6.45) is -11.7. The number of nitro benzene ring substituents is 1. The van der Waals surface area contributed by atoms with Gasteiger partial charge in [-0.1, -0.05) is 0 Å². The van der Waals surface area contributed by atoms with Crippen LogP contribution in [0.4, 0.5) is 5.69 Å². The highest BCUT2D eigenvalue weighted by atomic mass is 16.7. The maximum atomic E-state index is 11.7. The number of hydrogen-bond acceptors (Lipinski definition) is 13. The summed E-state index contributed by atoms with van der Waals surface area (Å²) in [7, 11) is 0. The molecule has 0 spiro atoms. The lowest BCUT2D eigenvalue weighted by Gasteiger charge is -2.44. The molecule has 0 aromatic heterocycles. The Morgan fingerprint density at radius 2 is 1.39 bits per heavy atom. The fraction of sp³-hybridized carbons (Fsp3) is 0.636. The van der Waals surface area contributed by atoms with Crippen molar-refractivity contribution < 1.29 is 59.0 Å². The van der Waals surface area contributed by atoms with Gasteiger partial charge < -0.3 is 55.1 Å². The van der Waals surface area contributed by atoms with Crippen molar-refractivity contribution in [3.63, 3.8) is 0 Å². The molecule has 7 N–H and O–H groups in total. The minimum absolute atomic E-state index is 0.100. The number of aliphatic hydroxyl groups is 5. The fourth-order valence-electron chi connectivity index (χ4n) is 4.14. The van der Waals surface area contributed by atoms with Crippen LogP contribution in [0.2, 0.25) is 0 Å². The van der Waals surface area contributed by atoms with E-state index in [1.807, 2.05) is 0 Å². The third-order valence-electron chi connectivity index (χ3n) is 6.05. The standard InChI is InChI=1S/C22H31N3O13/c1-9(27)23-15-19(31)17(29)13(7-26)37-21(15)35-8-14-18(30)20(32)16(24-10(2)28)22(38-14)36-12-5-3-11(4-6-12)25(33)34/h3-6,13-22,26,29-32H,7-8H2,1-2H3,(H,23,27)(H,24,28). The van der Waals surface area contributed by atoms with Crippen LogP contribution in [-0.4, -0.2) is 117 Å². The van der Waals surface area contributed by atoms with Gasteiger partial charge in [0.05, 0.1) is 18.1 Å². The topological polar surface area (TPSA) is 239 Å². The number of non-ortho nitro benzene ring substituents is 1. The van der Waals surface area contributed by atoms with Crippen LogP contribution >= 0.6 is 0 Å². The number of nitro groups is 1. The zero-order valence-corrected chi connectivity index (χ0v) is 20.4. The van der Waals surface area contributed by atoms with E-state index in [4.69, 9.17) is 18.9 Å². The van der Waals surface area contributed by atoms with Gasteiger partial charge in [0.15, 0.2) is 6.29 Å². The number of nitrogens with zero attached hydrogens (tertiary/aromatic N) is 1. The number of hydrogen-bond donors (Lipinski definition) is 7. The van der Waals surface area contributed by atoms with Gasteiger partial charge in [0.2, 0.25) is 18.1 Å². The first kappa shape index (κ1) is 29.6. The van der Waals surface area contributed by atoms with Crippen LogP contribution in [0.3, 0.4) is 0 Å². The smallest absolute Gasteiger partial charge is 0.269 e. The number of ether oxygens (including phenoxy) is 4. The molecule has 212 valence electrons. The molecule has 1 aromatic carbocycles. The van der Waals surface area contributed by atoms with Gasteiger partial charge in [0.1, 0.15) is 54.5 Å². The first-order valence-electron chi connectivity index (χ1n) is 11.6. The number of nitrogens with one attached hydrogen (secondary N) is 2. The van der Waals surface area contributed by atoms with E-state index in [0.717, 1.165) is 0 Å². The minimum Gasteiger partial charge on any atom is -0.463 e. The van der Waals surface area contributed by atoms with Crippen molar-refractivity contribution in [2.24, 2.45) is 0 Å². The first-order chi connectivity index (χ1) is 17.9. The van der Waals surface area contributed by atoms with Gasteiger partial charge in [-0.15, -0.1) is 0 Å². The predicted molar refractivity (Wildman–Crippen MR) is 123 cm³/mol. The Balaban J connectivity index is 1.77. The van der Waals surface area contributed by atoms with Gasteiger partial charge in [-0.2, -0.15) is 0 Å². The second-order valence-electron chi connectivity index (χ2n) is 8.89. The normalized spacial score (nSPS) is 35.2. The number of amides is 2. The molecule has 2 aliphatic heterocycles. The van der Waals surface area contributed by atoms with E-state index in [9.17, 15) is 45.2 Å². The summed E-state index contributed by atoms with van der Waals surface area (Å²) in [6.45, 7) is 1.18. The molecule has 0 saturated carbocycles. The summed E-state index contributed by atoms with van der Waals surface area (Å²) >= 11 is 0. The van der Waals surface area contributed by atoms with Crippen molar-refractivity contribution in [3.05, 3.63) is 34.4 Å². The summed E-state index contributed by atoms with van der Waals surface area (Å²) in [5.74, 6) is -1.03. The maximum absolute atomic E-state index is 11.7. The molecular weight excluding hydrogens is 514 g/mol. The summed E-state index contributed by atoms with van der Waals surface area (Å²) in [5.41, 5.74) is -0.197. The van der Waals surface area contributed by atoms with E-state index < -0.39 is 91.2 Å². The number of benzene rings is 1. The molecule has 38 heavy (non-hydrogen) atoms. The lowest BCUT2D eigenvalue weighted by molar-refractivity contribution is -0.384. The van der Waals surface area contributed by atoms with Crippen LogP contribution in [0.5, 0.6) is 5.75 Å². The van der Waals surface area contributed by atoms with Crippen LogP contribution in [0.15, 0.2) is 24.3 Å². The third-order valence-corrected chi connectivity index (χ3v) is 6.05. The van der Waals surface area contributed by atoms with Gasteiger partial charge in [0.25, 0.3) is 5.69 Å². The molecular formula is C22H31N3O13. The first-order valence-corrected chi connectivity index (χ1v) is 11.6. The lowest BCUT2D eigenvalue weighted by Crippen LogP contribution is -2.67. The van der Waals surface area contributed by atoms with Crippen molar-refractivity contribution >= 4 is 17.5 Å². The SMILES string of the molecule is CC(=O)NC1C(OCC2OC(Oc3ccc([N+](=O)[O-])cc3)C(NC(C)=O)C(O)C2O)OC(CO)C(O)C1O. The van der Waals surface area contributed by atoms with Gasteiger partial charge >= 0.3 is 0 Å². The number of rotatable bonds is 9. The van der Waals surface area contributed by atoms with E-state index in [0.29, 0.717) is 0 Å². The molecule has 1 aromatic rings. The zero-order chi connectivity index (χ0) is 28.1. The molecule has 0 aliphatic carbocycles. The molecule has 2 aliphatic rings. The van der Waals surface area contributed by atoms with E-state index in [2.05, 4.69) is 10.6 Å². The average molecular weight is 545 g/mol. The van der Waals surface area contributed by atoms with Crippen LogP contribution in [0.1, 0.15) is 13.8 Å². The Morgan fingerprint density at radius 1 is 0.895 bits per heavy atom. The van der Waals surface area contributed by atoms with Crippen LogP contribution < -0.4 is 15.4 Å². The van der Waals surface area contributed by atoms with Crippen LogP contribution in [-0.2, 0) is 23.8 Å². The van der Waals surface area contributed by atoms with Gasteiger partial charge in [-0.3, -0.25) is 19.7 Å². The van der Waals surface area contributed by atoms with Crippen molar-refractivity contribution in [2.45, 2.75) is 75.1 Å². The molecule has 0 bridgehead atoms. The lowest BCUT2D eigenvalue weighted by atomic mass is 9.96. The summed E-state index contributed by atoms with van der Waals surface area (Å²) in [6, 6.07) is 2.42. The van der Waals surface area contributed by atoms with Crippen molar-refractivity contribution in [3.8, 4) is 5.75 Å². The van der Waals surface area contributed by atoms with Crippen LogP contribution in [0, 0.1) is 10.1 Å². The summed E-state index contributed by atoms with van der Waals surface area (Å²) < 4.78 is 22.6. The number of aliphatic hydroxyl groups excluding tert-OH is 5. The molecule has 2 saturated heterocycles. The quantitative estimate of drug-likeness (QED) is 0.120. The van der Waals surface area contributed by atoms with Gasteiger partial charge in [-0.05, 0) is 12.1 Å². The highest BCUT2D eigenvalue weighted by Gasteiger charge is 2.49. The summed E-state index contributed by atoms with van der Waals surface area (Å²) in [5, 5.41) is 67.1. The van der Waals surface area contributed by atoms with Gasteiger partial charge in [0, 0.05) is 26.0 Å². The molecule has 16 heteroatoms. The largest absolute Gasteiger partial charge is 0.463 e. The van der Waals surface area contributed by atoms with Gasteiger partial charge in [-0.25, -0.2) is 0 Å². The fourth-order valence-corrected chi connectivity index (χ4v) is 4.14. The molecule has 0 radical (unpaired) electrons.